The zero-order valence-electron chi connectivity index (χ0n) is 9.25. The van der Waals surface area contributed by atoms with Crippen molar-refractivity contribution in [1.29, 1.82) is 0 Å². The molecule has 0 bridgehead atoms. The van der Waals surface area contributed by atoms with Gasteiger partial charge in [0.05, 0.1) is 6.61 Å². The highest BCUT2D eigenvalue weighted by molar-refractivity contribution is 5.78. The Balaban J connectivity index is 2.64. The molecule has 1 heterocycles. The quantitative estimate of drug-likeness (QED) is 0.208. The van der Waals surface area contributed by atoms with E-state index in [0.29, 0.717) is 0 Å². The average molecular weight is 262 g/mol. The van der Waals surface area contributed by atoms with Gasteiger partial charge in [0, 0.05) is 4.91 Å². The van der Waals surface area contributed by atoms with E-state index in [1.165, 1.54) is 0 Å². The number of carbonyl (C=O) groups excluding carboxylic acids is 1. The van der Waals surface area contributed by atoms with Gasteiger partial charge >= 0.3 is 0 Å². The van der Waals surface area contributed by atoms with Crippen molar-refractivity contribution in [3.63, 3.8) is 0 Å². The summed E-state index contributed by atoms with van der Waals surface area (Å²) >= 11 is 0. The minimum absolute atomic E-state index is 0.508. The van der Waals surface area contributed by atoms with Crippen molar-refractivity contribution in [3.05, 3.63) is 10.4 Å². The number of azide groups is 1. The molecule has 10 nitrogen and oxygen atoms in total. The monoisotopic (exact) mass is 262 g/mol. The van der Waals surface area contributed by atoms with Crippen molar-refractivity contribution < 1.29 is 30.0 Å². The Morgan fingerprint density at radius 3 is 2.61 bits per heavy atom. The molecule has 18 heavy (non-hydrogen) atoms. The number of rotatable bonds is 4. The lowest BCUT2D eigenvalue weighted by Crippen LogP contribution is -2.64. The summed E-state index contributed by atoms with van der Waals surface area (Å²) in [6, 6.07) is -1.27. The van der Waals surface area contributed by atoms with Crippen LogP contribution in [0.25, 0.3) is 10.4 Å². The number of hydrogen-bond donors (Lipinski definition) is 5. The first-order chi connectivity index (χ1) is 8.51. The van der Waals surface area contributed by atoms with Crippen molar-refractivity contribution in [3.8, 4) is 0 Å². The van der Waals surface area contributed by atoms with E-state index >= 15 is 0 Å². The molecule has 5 atom stereocenters. The van der Waals surface area contributed by atoms with E-state index in [9.17, 15) is 20.1 Å². The van der Waals surface area contributed by atoms with Gasteiger partial charge in [-0.3, -0.25) is 4.79 Å². The molecule has 5 N–H and O–H groups in total. The highest BCUT2D eigenvalue weighted by Crippen LogP contribution is 2.19. The molecule has 0 spiro atoms. The first-order valence-corrected chi connectivity index (χ1v) is 5.12. The van der Waals surface area contributed by atoms with Crippen molar-refractivity contribution in [2.45, 2.75) is 30.6 Å². The summed E-state index contributed by atoms with van der Waals surface area (Å²) in [7, 11) is 0. The second-order valence-corrected chi connectivity index (χ2v) is 3.71. The summed E-state index contributed by atoms with van der Waals surface area (Å²) in [4.78, 5) is 13.6. The second-order valence-electron chi connectivity index (χ2n) is 3.71. The van der Waals surface area contributed by atoms with E-state index in [0.717, 1.165) is 0 Å². The first kappa shape index (κ1) is 14.6. The number of ether oxygens (including phenoxy) is 1. The third-order valence-electron chi connectivity index (χ3n) is 2.51. The van der Waals surface area contributed by atoms with Gasteiger partial charge in [-0.1, -0.05) is 5.11 Å². The maximum Gasteiger partial charge on any atom is 0.226 e. The van der Waals surface area contributed by atoms with Crippen LogP contribution < -0.4 is 5.32 Å². The highest BCUT2D eigenvalue weighted by atomic mass is 16.6. The largest absolute Gasteiger partial charge is 0.394 e. The van der Waals surface area contributed by atoms with Crippen LogP contribution in [0.2, 0.25) is 0 Å². The molecule has 0 aromatic rings. The average Bonchev–Trinajstić information content (AvgIpc) is 2.36. The fourth-order valence-corrected chi connectivity index (χ4v) is 1.58. The Kier molecular flexibility index (Phi) is 5.28. The van der Waals surface area contributed by atoms with Gasteiger partial charge in [0.2, 0.25) is 5.91 Å². The normalized spacial score (nSPS) is 35.7. The molecule has 1 aliphatic rings. The lowest BCUT2D eigenvalue weighted by Gasteiger charge is -2.40. The van der Waals surface area contributed by atoms with Crippen molar-refractivity contribution >= 4 is 5.91 Å². The van der Waals surface area contributed by atoms with Crippen LogP contribution >= 0.6 is 0 Å². The van der Waals surface area contributed by atoms with Gasteiger partial charge in [-0.15, -0.1) is 0 Å². The third kappa shape index (κ3) is 3.29. The third-order valence-corrected chi connectivity index (χ3v) is 2.51. The van der Waals surface area contributed by atoms with Gasteiger partial charge in [0.15, 0.2) is 6.29 Å². The SMILES string of the molecule is [N-]=[N+]=NCC(=O)NC1C(O)OC(CO)[C@H](O)[C@H]1O. The van der Waals surface area contributed by atoms with Gasteiger partial charge < -0.3 is 30.5 Å². The van der Waals surface area contributed by atoms with Crippen LogP contribution in [-0.2, 0) is 9.53 Å². The van der Waals surface area contributed by atoms with E-state index in [2.05, 4.69) is 15.3 Å². The maximum absolute atomic E-state index is 11.2. The summed E-state index contributed by atoms with van der Waals surface area (Å²) in [6.07, 6.45) is -5.69. The predicted molar refractivity (Wildman–Crippen MR) is 55.9 cm³/mol. The molecule has 0 radical (unpaired) electrons. The molecular formula is C8H14N4O6. The van der Waals surface area contributed by atoms with E-state index < -0.39 is 49.7 Å². The Hall–Kier alpha value is -1.42. The summed E-state index contributed by atoms with van der Waals surface area (Å²) in [6.45, 7) is -1.10. The number of aliphatic hydroxyl groups is 4. The molecule has 1 amide bonds. The second kappa shape index (κ2) is 6.50. The molecule has 3 unspecified atom stereocenters. The van der Waals surface area contributed by atoms with E-state index in [1.807, 2.05) is 0 Å². The van der Waals surface area contributed by atoms with E-state index in [1.54, 1.807) is 0 Å². The fraction of sp³-hybridized carbons (Fsp3) is 0.875. The van der Waals surface area contributed by atoms with Crippen LogP contribution in [0.1, 0.15) is 0 Å². The minimum Gasteiger partial charge on any atom is -0.394 e. The fourth-order valence-electron chi connectivity index (χ4n) is 1.58. The van der Waals surface area contributed by atoms with Crippen molar-refractivity contribution in [2.75, 3.05) is 13.2 Å². The molecule has 0 aromatic carbocycles. The van der Waals surface area contributed by atoms with Crippen LogP contribution in [0.4, 0.5) is 0 Å². The van der Waals surface area contributed by atoms with E-state index in [4.69, 9.17) is 15.4 Å². The standard InChI is InChI=1S/C8H14N4O6/c9-12-10-1-4(14)11-5-7(16)6(15)3(2-13)18-8(5)17/h3,5-8,13,15-17H,1-2H2,(H,11,14)/t3?,5?,6-,7-,8?/m0/s1. The molecule has 0 aromatic heterocycles. The molecule has 1 aliphatic heterocycles. The Morgan fingerprint density at radius 1 is 1.39 bits per heavy atom. The minimum atomic E-state index is -1.59. The van der Waals surface area contributed by atoms with Gasteiger partial charge in [-0.05, 0) is 5.53 Å². The highest BCUT2D eigenvalue weighted by Gasteiger charge is 2.44. The Labute approximate surface area is 101 Å². The summed E-state index contributed by atoms with van der Waals surface area (Å²) in [5.41, 5.74) is 8.02. The molecule has 1 rings (SSSR count). The number of nitrogens with one attached hydrogen (secondary N) is 1. The molecule has 102 valence electrons. The maximum atomic E-state index is 11.2. The van der Waals surface area contributed by atoms with Crippen molar-refractivity contribution in [2.24, 2.45) is 5.11 Å². The Bertz CT molecular complexity index is 346. The van der Waals surface area contributed by atoms with Crippen LogP contribution in [0.15, 0.2) is 5.11 Å². The molecule has 10 heteroatoms. The van der Waals surface area contributed by atoms with Gasteiger partial charge in [0.1, 0.15) is 30.9 Å². The number of nitrogens with zero attached hydrogens (tertiary/aromatic N) is 3. The van der Waals surface area contributed by atoms with E-state index in [-0.39, 0.29) is 0 Å². The zero-order valence-corrected chi connectivity index (χ0v) is 9.25. The number of aliphatic hydroxyl groups excluding tert-OH is 4. The Morgan fingerprint density at radius 2 is 2.06 bits per heavy atom. The van der Waals surface area contributed by atoms with Crippen LogP contribution in [0.5, 0.6) is 0 Å². The number of amides is 1. The van der Waals surface area contributed by atoms with Gasteiger partial charge in [-0.2, -0.15) is 0 Å². The molecule has 0 aliphatic carbocycles. The lowest BCUT2D eigenvalue weighted by atomic mass is 9.97. The van der Waals surface area contributed by atoms with Gasteiger partial charge in [-0.25, -0.2) is 0 Å². The summed E-state index contributed by atoms with van der Waals surface area (Å²) in [5.74, 6) is -0.742. The summed E-state index contributed by atoms with van der Waals surface area (Å²) in [5, 5.41) is 42.7. The van der Waals surface area contributed by atoms with Crippen molar-refractivity contribution in [1.82, 2.24) is 5.32 Å². The number of hydrogen-bond acceptors (Lipinski definition) is 7. The van der Waals surface area contributed by atoms with Crippen LogP contribution in [0, 0.1) is 0 Å². The van der Waals surface area contributed by atoms with Crippen LogP contribution in [0.3, 0.4) is 0 Å². The summed E-state index contributed by atoms with van der Waals surface area (Å²) < 4.78 is 4.81. The smallest absolute Gasteiger partial charge is 0.226 e. The first-order valence-electron chi connectivity index (χ1n) is 5.12. The van der Waals surface area contributed by atoms with Crippen LogP contribution in [-0.4, -0.2) is 70.1 Å². The number of carbonyl (C=O) groups is 1. The molecule has 0 saturated carbocycles. The molecule has 1 saturated heterocycles. The lowest BCUT2D eigenvalue weighted by molar-refractivity contribution is -0.253. The molecular weight excluding hydrogens is 248 g/mol. The topological polar surface area (TPSA) is 168 Å². The molecule has 1 fully saturated rings. The van der Waals surface area contributed by atoms with Gasteiger partial charge in [0.25, 0.3) is 0 Å². The predicted octanol–water partition coefficient (Wildman–Crippen LogP) is -2.79. The zero-order chi connectivity index (χ0) is 13.7.